The minimum Gasteiger partial charge on any atom is -0.396 e. The van der Waals surface area contributed by atoms with Gasteiger partial charge in [0.15, 0.2) is 0 Å². The molecular formula is C11H14Cl2N2O2. The van der Waals surface area contributed by atoms with E-state index in [1.807, 2.05) is 6.92 Å². The van der Waals surface area contributed by atoms with Crippen LogP contribution in [0.1, 0.15) is 30.1 Å². The lowest BCUT2D eigenvalue weighted by Gasteiger charge is -2.16. The molecule has 1 amide bonds. The predicted octanol–water partition coefficient (Wildman–Crippen LogP) is 2.28. The predicted molar refractivity (Wildman–Crippen MR) is 67.5 cm³/mol. The van der Waals surface area contributed by atoms with Crippen LogP contribution in [0.2, 0.25) is 10.2 Å². The summed E-state index contributed by atoms with van der Waals surface area (Å²) < 4.78 is 0. The van der Waals surface area contributed by atoms with Crippen molar-refractivity contribution < 1.29 is 9.90 Å². The van der Waals surface area contributed by atoms with Crippen LogP contribution in [0.5, 0.6) is 0 Å². The van der Waals surface area contributed by atoms with E-state index >= 15 is 0 Å². The maximum absolute atomic E-state index is 11.9. The summed E-state index contributed by atoms with van der Waals surface area (Å²) in [5.41, 5.74) is 0.294. The number of amides is 1. The van der Waals surface area contributed by atoms with Crippen molar-refractivity contribution in [1.29, 1.82) is 0 Å². The lowest BCUT2D eigenvalue weighted by Crippen LogP contribution is -2.35. The Kier molecular flexibility index (Phi) is 5.68. The Hall–Kier alpha value is -0.840. The number of rotatable bonds is 5. The summed E-state index contributed by atoms with van der Waals surface area (Å²) in [4.78, 5) is 15.7. The molecule has 0 aliphatic rings. The smallest absolute Gasteiger partial charge is 0.253 e. The number of halogens is 2. The number of nitrogens with one attached hydrogen (secondary N) is 1. The molecule has 0 aromatic carbocycles. The maximum Gasteiger partial charge on any atom is 0.253 e. The minimum absolute atomic E-state index is 0.0314. The molecule has 2 N–H and O–H groups in total. The number of hydrogen-bond donors (Lipinski definition) is 2. The van der Waals surface area contributed by atoms with Gasteiger partial charge in [0.2, 0.25) is 0 Å². The van der Waals surface area contributed by atoms with Crippen LogP contribution in [0.3, 0.4) is 0 Å². The molecule has 1 heterocycles. The first-order valence-corrected chi connectivity index (χ1v) is 6.06. The van der Waals surface area contributed by atoms with E-state index in [1.165, 1.54) is 12.3 Å². The monoisotopic (exact) mass is 276 g/mol. The average Bonchev–Trinajstić information content (AvgIpc) is 2.31. The number of nitrogens with zero attached hydrogens (tertiary/aromatic N) is 1. The summed E-state index contributed by atoms with van der Waals surface area (Å²) in [6.45, 7) is 1.96. The Balaban J connectivity index is 2.78. The van der Waals surface area contributed by atoms with Crippen LogP contribution >= 0.6 is 23.2 Å². The van der Waals surface area contributed by atoms with Crippen molar-refractivity contribution in [3.8, 4) is 0 Å². The second-order valence-corrected chi connectivity index (χ2v) is 4.37. The fourth-order valence-corrected chi connectivity index (χ4v) is 1.73. The molecule has 1 rings (SSSR count). The number of carbonyl (C=O) groups excluding carboxylic acids is 1. The van der Waals surface area contributed by atoms with Gasteiger partial charge in [0.05, 0.1) is 10.6 Å². The molecule has 0 aliphatic carbocycles. The molecule has 0 saturated carbocycles. The van der Waals surface area contributed by atoms with Crippen LogP contribution in [0.15, 0.2) is 12.3 Å². The van der Waals surface area contributed by atoms with Crippen molar-refractivity contribution in [2.24, 2.45) is 0 Å². The number of pyridine rings is 1. The van der Waals surface area contributed by atoms with Gasteiger partial charge in [-0.05, 0) is 18.9 Å². The van der Waals surface area contributed by atoms with Crippen LogP contribution in [-0.2, 0) is 0 Å². The Morgan fingerprint density at radius 1 is 1.59 bits per heavy atom. The molecule has 17 heavy (non-hydrogen) atoms. The van der Waals surface area contributed by atoms with Gasteiger partial charge in [-0.2, -0.15) is 0 Å². The minimum atomic E-state index is -0.306. The second kappa shape index (κ2) is 6.79. The highest BCUT2D eigenvalue weighted by atomic mass is 35.5. The molecule has 0 saturated heterocycles. The molecule has 0 aliphatic heterocycles. The molecule has 1 aromatic rings. The van der Waals surface area contributed by atoms with Crippen molar-refractivity contribution in [3.05, 3.63) is 28.0 Å². The van der Waals surface area contributed by atoms with Gasteiger partial charge < -0.3 is 10.4 Å². The van der Waals surface area contributed by atoms with Gasteiger partial charge >= 0.3 is 0 Å². The molecule has 1 atom stereocenters. The molecule has 6 heteroatoms. The summed E-state index contributed by atoms with van der Waals surface area (Å²) in [6.07, 6.45) is 2.59. The van der Waals surface area contributed by atoms with Crippen LogP contribution in [-0.4, -0.2) is 28.6 Å². The van der Waals surface area contributed by atoms with E-state index in [-0.39, 0.29) is 28.7 Å². The van der Waals surface area contributed by atoms with E-state index in [9.17, 15) is 4.79 Å². The summed E-state index contributed by atoms with van der Waals surface area (Å²) in [5.74, 6) is -0.306. The van der Waals surface area contributed by atoms with Crippen LogP contribution < -0.4 is 5.32 Å². The highest BCUT2D eigenvalue weighted by molar-refractivity contribution is 6.35. The fourth-order valence-electron chi connectivity index (χ4n) is 1.38. The summed E-state index contributed by atoms with van der Waals surface area (Å²) in [7, 11) is 0. The van der Waals surface area contributed by atoms with E-state index < -0.39 is 0 Å². The van der Waals surface area contributed by atoms with E-state index in [1.54, 1.807) is 0 Å². The average molecular weight is 277 g/mol. The first kappa shape index (κ1) is 14.2. The fraction of sp³-hybridized carbons (Fsp3) is 0.455. The third-order valence-electron chi connectivity index (χ3n) is 2.37. The molecule has 1 unspecified atom stereocenters. The first-order valence-electron chi connectivity index (χ1n) is 5.31. The van der Waals surface area contributed by atoms with Crippen molar-refractivity contribution in [2.45, 2.75) is 25.8 Å². The van der Waals surface area contributed by atoms with Crippen molar-refractivity contribution in [2.75, 3.05) is 6.61 Å². The number of aliphatic hydroxyl groups is 1. The highest BCUT2D eigenvalue weighted by Gasteiger charge is 2.15. The van der Waals surface area contributed by atoms with Crippen LogP contribution in [0.4, 0.5) is 0 Å². The molecule has 1 aromatic heterocycles. The lowest BCUT2D eigenvalue weighted by molar-refractivity contribution is 0.0929. The Morgan fingerprint density at radius 2 is 2.29 bits per heavy atom. The standard InChI is InChI=1S/C11H14Cl2N2O2/c1-2-7(3-4-16)15-11(17)8-5-10(13)14-6-9(8)12/h5-7,16H,2-4H2,1H3,(H,15,17). The van der Waals surface area contributed by atoms with Gasteiger partial charge in [0.1, 0.15) is 5.15 Å². The first-order chi connectivity index (χ1) is 8.08. The Morgan fingerprint density at radius 3 is 2.88 bits per heavy atom. The lowest BCUT2D eigenvalue weighted by atomic mass is 10.1. The second-order valence-electron chi connectivity index (χ2n) is 3.58. The van der Waals surface area contributed by atoms with Crippen LogP contribution in [0, 0.1) is 0 Å². The van der Waals surface area contributed by atoms with Gasteiger partial charge in [0, 0.05) is 18.8 Å². The van der Waals surface area contributed by atoms with Gasteiger partial charge in [-0.25, -0.2) is 4.98 Å². The summed E-state index contributed by atoms with van der Waals surface area (Å²) in [5, 5.41) is 12.1. The van der Waals surface area contributed by atoms with E-state index in [0.29, 0.717) is 12.0 Å². The van der Waals surface area contributed by atoms with Gasteiger partial charge in [0.25, 0.3) is 5.91 Å². The summed E-state index contributed by atoms with van der Waals surface area (Å²) >= 11 is 11.6. The zero-order valence-electron chi connectivity index (χ0n) is 9.41. The molecule has 0 fully saturated rings. The molecule has 94 valence electrons. The Bertz CT molecular complexity index is 399. The van der Waals surface area contributed by atoms with Crippen molar-refractivity contribution >= 4 is 29.1 Å². The largest absolute Gasteiger partial charge is 0.396 e. The highest BCUT2D eigenvalue weighted by Crippen LogP contribution is 2.18. The Labute approximate surface area is 110 Å². The third kappa shape index (κ3) is 4.15. The normalized spacial score (nSPS) is 12.2. The molecule has 0 spiro atoms. The van der Waals surface area contributed by atoms with Crippen LogP contribution in [0.25, 0.3) is 0 Å². The van der Waals surface area contributed by atoms with E-state index in [4.69, 9.17) is 28.3 Å². The molecule has 0 radical (unpaired) electrons. The number of aliphatic hydroxyl groups excluding tert-OH is 1. The van der Waals surface area contributed by atoms with Crippen molar-refractivity contribution in [3.63, 3.8) is 0 Å². The summed E-state index contributed by atoms with van der Waals surface area (Å²) in [6, 6.07) is 1.35. The van der Waals surface area contributed by atoms with Gasteiger partial charge in [-0.1, -0.05) is 30.1 Å². The zero-order valence-corrected chi connectivity index (χ0v) is 10.9. The third-order valence-corrected chi connectivity index (χ3v) is 2.88. The number of hydrogen-bond acceptors (Lipinski definition) is 3. The van der Waals surface area contributed by atoms with E-state index in [2.05, 4.69) is 10.3 Å². The van der Waals surface area contributed by atoms with Gasteiger partial charge in [-0.15, -0.1) is 0 Å². The number of carbonyl (C=O) groups is 1. The number of aromatic nitrogens is 1. The molecule has 4 nitrogen and oxygen atoms in total. The zero-order chi connectivity index (χ0) is 12.8. The van der Waals surface area contributed by atoms with Gasteiger partial charge in [-0.3, -0.25) is 4.79 Å². The topological polar surface area (TPSA) is 62.2 Å². The van der Waals surface area contributed by atoms with Crippen molar-refractivity contribution in [1.82, 2.24) is 10.3 Å². The SMILES string of the molecule is CCC(CCO)NC(=O)c1cc(Cl)ncc1Cl. The maximum atomic E-state index is 11.9. The molecular weight excluding hydrogens is 263 g/mol. The quantitative estimate of drug-likeness (QED) is 0.812. The molecule has 0 bridgehead atoms. The van der Waals surface area contributed by atoms with E-state index in [0.717, 1.165) is 6.42 Å².